The minimum absolute atomic E-state index is 0.00321. The molecule has 0 spiro atoms. The summed E-state index contributed by atoms with van der Waals surface area (Å²) in [5.41, 5.74) is 1.25. The summed E-state index contributed by atoms with van der Waals surface area (Å²) < 4.78 is 6.06. The Bertz CT molecular complexity index is 512. The molecule has 2 aliphatic rings. The zero-order chi connectivity index (χ0) is 15.4. The molecule has 4 nitrogen and oxygen atoms in total. The van der Waals surface area contributed by atoms with Crippen LogP contribution in [0.15, 0.2) is 30.3 Å². The molecule has 4 heteroatoms. The van der Waals surface area contributed by atoms with Crippen LogP contribution in [-0.2, 0) is 20.7 Å². The number of amides is 2. The Morgan fingerprint density at radius 1 is 1.00 bits per heavy atom. The van der Waals surface area contributed by atoms with E-state index in [0.717, 1.165) is 32.1 Å². The van der Waals surface area contributed by atoms with Crippen LogP contribution in [0.25, 0.3) is 0 Å². The molecule has 0 unspecified atom stereocenters. The molecule has 0 aromatic heterocycles. The third-order valence-corrected chi connectivity index (χ3v) is 4.65. The summed E-state index contributed by atoms with van der Waals surface area (Å²) in [6, 6.07) is 10.2. The Balaban J connectivity index is 1.58. The summed E-state index contributed by atoms with van der Waals surface area (Å²) in [6.07, 6.45) is 5.61. The van der Waals surface area contributed by atoms with Gasteiger partial charge < -0.3 is 4.74 Å². The fraction of sp³-hybridized carbons (Fsp3) is 0.556. The van der Waals surface area contributed by atoms with Gasteiger partial charge in [0.25, 0.3) is 0 Å². The van der Waals surface area contributed by atoms with E-state index in [9.17, 15) is 9.59 Å². The average Bonchev–Trinajstić information content (AvgIpc) is 2.88. The molecular weight excluding hydrogens is 278 g/mol. The maximum absolute atomic E-state index is 12.0. The van der Waals surface area contributed by atoms with E-state index in [1.165, 1.54) is 10.5 Å². The van der Waals surface area contributed by atoms with Crippen molar-refractivity contribution in [3.63, 3.8) is 0 Å². The van der Waals surface area contributed by atoms with Gasteiger partial charge in [-0.25, -0.2) is 0 Å². The van der Waals surface area contributed by atoms with Crippen molar-refractivity contribution in [1.82, 2.24) is 4.90 Å². The highest BCUT2D eigenvalue weighted by Crippen LogP contribution is 2.29. The Morgan fingerprint density at radius 2 is 1.68 bits per heavy atom. The highest BCUT2D eigenvalue weighted by atomic mass is 16.5. The Hall–Kier alpha value is -1.68. The number of hydrogen-bond donors (Lipinski definition) is 0. The van der Waals surface area contributed by atoms with Gasteiger partial charge in [-0.3, -0.25) is 14.5 Å². The molecule has 1 heterocycles. The largest absolute Gasteiger partial charge is 0.376 e. The molecule has 1 aliphatic carbocycles. The van der Waals surface area contributed by atoms with Crippen molar-refractivity contribution in [2.24, 2.45) is 0 Å². The fourth-order valence-corrected chi connectivity index (χ4v) is 3.50. The average molecular weight is 301 g/mol. The Morgan fingerprint density at radius 3 is 2.41 bits per heavy atom. The zero-order valence-electron chi connectivity index (χ0n) is 12.9. The second-order valence-electron chi connectivity index (χ2n) is 6.15. The first-order valence-electron chi connectivity index (χ1n) is 8.26. The normalized spacial score (nSPS) is 25.7. The number of imide groups is 1. The number of hydrogen-bond acceptors (Lipinski definition) is 3. The predicted molar refractivity (Wildman–Crippen MR) is 83.2 cm³/mol. The minimum atomic E-state index is -0.0491. The van der Waals surface area contributed by atoms with Crippen LogP contribution in [0.4, 0.5) is 0 Å². The molecule has 1 saturated carbocycles. The van der Waals surface area contributed by atoms with Gasteiger partial charge in [0, 0.05) is 12.8 Å². The lowest BCUT2D eigenvalue weighted by Gasteiger charge is -2.36. The first-order chi connectivity index (χ1) is 10.8. The van der Waals surface area contributed by atoms with Crippen molar-refractivity contribution < 1.29 is 14.3 Å². The quantitative estimate of drug-likeness (QED) is 0.786. The van der Waals surface area contributed by atoms with Crippen LogP contribution in [0.1, 0.15) is 44.1 Å². The van der Waals surface area contributed by atoms with Crippen LogP contribution in [0, 0.1) is 0 Å². The minimum Gasteiger partial charge on any atom is -0.376 e. The third-order valence-electron chi connectivity index (χ3n) is 4.65. The molecule has 1 aromatic carbocycles. The zero-order valence-corrected chi connectivity index (χ0v) is 12.9. The summed E-state index contributed by atoms with van der Waals surface area (Å²) in [7, 11) is 0. The van der Waals surface area contributed by atoms with Crippen molar-refractivity contribution in [3.05, 3.63) is 35.9 Å². The summed E-state index contributed by atoms with van der Waals surface area (Å²) in [6.45, 7) is 0.640. The van der Waals surface area contributed by atoms with Crippen LogP contribution in [0.5, 0.6) is 0 Å². The van der Waals surface area contributed by atoms with Crippen molar-refractivity contribution in [2.45, 2.75) is 57.1 Å². The third kappa shape index (κ3) is 3.38. The van der Waals surface area contributed by atoms with Gasteiger partial charge in [-0.05, 0) is 24.8 Å². The second-order valence-corrected chi connectivity index (χ2v) is 6.15. The molecule has 22 heavy (non-hydrogen) atoms. The number of likely N-dealkylation sites (tertiary alicyclic amines) is 1. The first kappa shape index (κ1) is 15.2. The topological polar surface area (TPSA) is 46.6 Å². The molecule has 2 amide bonds. The van der Waals surface area contributed by atoms with E-state index in [2.05, 4.69) is 12.1 Å². The van der Waals surface area contributed by atoms with Crippen LogP contribution in [-0.4, -0.2) is 35.5 Å². The number of benzene rings is 1. The lowest BCUT2D eigenvalue weighted by atomic mass is 9.91. The summed E-state index contributed by atoms with van der Waals surface area (Å²) in [4.78, 5) is 25.4. The monoisotopic (exact) mass is 301 g/mol. The van der Waals surface area contributed by atoms with Gasteiger partial charge in [-0.1, -0.05) is 43.2 Å². The SMILES string of the molecule is O=C1CCC(=O)N1[C@H]1CCCC[C@@H]1OCCc1ccccc1. The summed E-state index contributed by atoms with van der Waals surface area (Å²) in [5, 5.41) is 0. The molecule has 0 bridgehead atoms. The van der Waals surface area contributed by atoms with Gasteiger partial charge in [0.2, 0.25) is 11.8 Å². The molecule has 2 fully saturated rings. The van der Waals surface area contributed by atoms with Crippen LogP contribution in [0.2, 0.25) is 0 Å². The number of nitrogens with zero attached hydrogens (tertiary/aromatic N) is 1. The van der Waals surface area contributed by atoms with Gasteiger partial charge in [0.15, 0.2) is 0 Å². The van der Waals surface area contributed by atoms with Crippen LogP contribution >= 0.6 is 0 Å². The van der Waals surface area contributed by atoms with E-state index < -0.39 is 0 Å². The highest BCUT2D eigenvalue weighted by Gasteiger charge is 2.40. The van der Waals surface area contributed by atoms with Gasteiger partial charge in [0.05, 0.1) is 18.8 Å². The number of rotatable bonds is 5. The summed E-state index contributed by atoms with van der Waals surface area (Å²) in [5.74, 6) is -0.0397. The van der Waals surface area contributed by atoms with E-state index in [1.54, 1.807) is 0 Å². The fourth-order valence-electron chi connectivity index (χ4n) is 3.50. The number of carbonyl (C=O) groups is 2. The van der Waals surface area contributed by atoms with Crippen LogP contribution in [0.3, 0.4) is 0 Å². The Kier molecular flexibility index (Phi) is 4.88. The van der Waals surface area contributed by atoms with Crippen LogP contribution < -0.4 is 0 Å². The predicted octanol–water partition coefficient (Wildman–Crippen LogP) is 2.71. The molecule has 1 aliphatic heterocycles. The van der Waals surface area contributed by atoms with Crippen molar-refractivity contribution in [1.29, 1.82) is 0 Å². The molecule has 0 radical (unpaired) electrons. The molecule has 1 saturated heterocycles. The van der Waals surface area contributed by atoms with E-state index in [1.807, 2.05) is 18.2 Å². The van der Waals surface area contributed by atoms with E-state index in [-0.39, 0.29) is 24.0 Å². The summed E-state index contributed by atoms with van der Waals surface area (Å²) >= 11 is 0. The molecule has 2 atom stereocenters. The molecular formula is C18H23NO3. The molecule has 3 rings (SSSR count). The Labute approximate surface area is 131 Å². The van der Waals surface area contributed by atoms with E-state index in [0.29, 0.717) is 19.4 Å². The smallest absolute Gasteiger partial charge is 0.230 e. The standard InChI is InChI=1S/C18H23NO3/c20-17-10-11-18(21)19(17)15-8-4-5-9-16(15)22-13-12-14-6-2-1-3-7-14/h1-3,6-7,15-16H,4-5,8-13H2/t15-,16-/m0/s1. The molecule has 1 aromatic rings. The highest BCUT2D eigenvalue weighted by molar-refractivity contribution is 6.02. The maximum Gasteiger partial charge on any atom is 0.230 e. The van der Waals surface area contributed by atoms with Crippen molar-refractivity contribution in [2.75, 3.05) is 6.61 Å². The molecule has 0 N–H and O–H groups in total. The molecule has 118 valence electrons. The number of carbonyl (C=O) groups excluding carboxylic acids is 2. The lowest BCUT2D eigenvalue weighted by molar-refractivity contribution is -0.147. The second kappa shape index (κ2) is 7.05. The van der Waals surface area contributed by atoms with Gasteiger partial charge >= 0.3 is 0 Å². The van der Waals surface area contributed by atoms with E-state index in [4.69, 9.17) is 4.74 Å². The van der Waals surface area contributed by atoms with Gasteiger partial charge in [-0.2, -0.15) is 0 Å². The number of ether oxygens (including phenoxy) is 1. The van der Waals surface area contributed by atoms with Crippen molar-refractivity contribution in [3.8, 4) is 0 Å². The lowest BCUT2D eigenvalue weighted by Crippen LogP contribution is -2.49. The van der Waals surface area contributed by atoms with Crippen molar-refractivity contribution >= 4 is 11.8 Å². The van der Waals surface area contributed by atoms with Gasteiger partial charge in [-0.15, -0.1) is 0 Å². The maximum atomic E-state index is 12.0. The van der Waals surface area contributed by atoms with Gasteiger partial charge in [0.1, 0.15) is 0 Å². The first-order valence-corrected chi connectivity index (χ1v) is 8.26. The van der Waals surface area contributed by atoms with E-state index >= 15 is 0 Å².